The standard InChI is InChI=1S/C20H48N2O8Si3/c1-23-31(24-2)18-12-17-22(31)16-9-13-21(14-10-19-32(25-3,26-4)27-5)15-11-20-33(28-6,29-7)30-8/h9-20H2,1-8H3. The normalized spacial score (nSPS) is 17.4. The van der Waals surface area contributed by atoms with E-state index in [1.54, 1.807) is 56.9 Å². The van der Waals surface area contributed by atoms with Gasteiger partial charge in [-0.3, -0.25) is 4.57 Å². The number of rotatable bonds is 20. The Balaban J connectivity index is 2.66. The zero-order chi connectivity index (χ0) is 24.8. The molecule has 1 rings (SSSR count). The third-order valence-electron chi connectivity index (χ3n) is 6.72. The molecule has 0 aromatic carbocycles. The van der Waals surface area contributed by atoms with E-state index in [1.165, 1.54) is 0 Å². The minimum atomic E-state index is -2.56. The Labute approximate surface area is 204 Å². The van der Waals surface area contributed by atoms with Gasteiger partial charge in [-0.05, 0) is 58.4 Å². The summed E-state index contributed by atoms with van der Waals surface area (Å²) in [6, 6.07) is 2.62. The fraction of sp³-hybridized carbons (Fsp3) is 1.00. The number of hydrogen-bond acceptors (Lipinski definition) is 10. The van der Waals surface area contributed by atoms with E-state index in [9.17, 15) is 0 Å². The van der Waals surface area contributed by atoms with Gasteiger partial charge in [-0.25, -0.2) is 0 Å². The lowest BCUT2D eigenvalue weighted by molar-refractivity contribution is 0.119. The zero-order valence-corrected chi connectivity index (χ0v) is 25.1. The van der Waals surface area contributed by atoms with Crippen molar-refractivity contribution in [1.29, 1.82) is 0 Å². The molecule has 1 saturated heterocycles. The fourth-order valence-corrected chi connectivity index (χ4v) is 11.0. The second-order valence-electron chi connectivity index (χ2n) is 8.20. The van der Waals surface area contributed by atoms with Crippen LogP contribution in [-0.4, -0.2) is 125 Å². The van der Waals surface area contributed by atoms with Crippen molar-refractivity contribution in [2.24, 2.45) is 0 Å². The summed E-state index contributed by atoms with van der Waals surface area (Å²) in [5, 5.41) is 0. The van der Waals surface area contributed by atoms with Gasteiger partial charge in [-0.15, -0.1) is 0 Å². The maximum atomic E-state index is 5.85. The van der Waals surface area contributed by atoms with Gasteiger partial charge in [-0.2, -0.15) is 0 Å². The van der Waals surface area contributed by atoms with E-state index in [0.717, 1.165) is 76.5 Å². The molecule has 10 nitrogen and oxygen atoms in total. The van der Waals surface area contributed by atoms with Crippen molar-refractivity contribution >= 4 is 26.3 Å². The molecule has 0 bridgehead atoms. The first-order valence-corrected chi connectivity index (χ1v) is 17.6. The Bertz CT molecular complexity index is 469. The molecule has 1 fully saturated rings. The van der Waals surface area contributed by atoms with Gasteiger partial charge < -0.3 is 40.3 Å². The van der Waals surface area contributed by atoms with Crippen LogP contribution in [0.5, 0.6) is 0 Å². The molecule has 0 amide bonds. The Morgan fingerprint density at radius 1 is 0.667 bits per heavy atom. The highest BCUT2D eigenvalue weighted by Gasteiger charge is 2.47. The molecule has 0 N–H and O–H groups in total. The van der Waals surface area contributed by atoms with Gasteiger partial charge in [-0.1, -0.05) is 0 Å². The predicted molar refractivity (Wildman–Crippen MR) is 134 cm³/mol. The Morgan fingerprint density at radius 3 is 1.48 bits per heavy atom. The molecule has 0 radical (unpaired) electrons. The highest BCUT2D eigenvalue weighted by Crippen LogP contribution is 2.27. The van der Waals surface area contributed by atoms with Crippen molar-refractivity contribution in [2.75, 3.05) is 89.6 Å². The fourth-order valence-electron chi connectivity index (χ4n) is 4.62. The first-order chi connectivity index (χ1) is 15.9. The summed E-state index contributed by atoms with van der Waals surface area (Å²) in [5.41, 5.74) is 0. The average Bonchev–Trinajstić information content (AvgIpc) is 3.28. The quantitative estimate of drug-likeness (QED) is 0.219. The van der Waals surface area contributed by atoms with Crippen molar-refractivity contribution in [3.63, 3.8) is 0 Å². The van der Waals surface area contributed by atoms with E-state index in [-0.39, 0.29) is 0 Å². The molecular formula is C20H48N2O8Si3. The molecule has 0 atom stereocenters. The molecule has 0 aromatic rings. The molecule has 33 heavy (non-hydrogen) atoms. The predicted octanol–water partition coefficient (Wildman–Crippen LogP) is 2.15. The van der Waals surface area contributed by atoms with Gasteiger partial charge in [0.25, 0.3) is 0 Å². The summed E-state index contributed by atoms with van der Waals surface area (Å²) >= 11 is 0. The SMILES string of the molecule is CO[Si](CCCN(CCCN1CCC[Si]1(OC)OC)CCC[Si](OC)(OC)OC)(OC)OC. The lowest BCUT2D eigenvalue weighted by Gasteiger charge is -2.33. The van der Waals surface area contributed by atoms with Crippen LogP contribution in [0.3, 0.4) is 0 Å². The van der Waals surface area contributed by atoms with Gasteiger partial charge in [0.1, 0.15) is 0 Å². The molecule has 1 heterocycles. The average molecular weight is 529 g/mol. The molecule has 1 aliphatic heterocycles. The Morgan fingerprint density at radius 2 is 1.09 bits per heavy atom. The lowest BCUT2D eigenvalue weighted by Crippen LogP contribution is -2.53. The second-order valence-corrected chi connectivity index (χ2v) is 17.8. The van der Waals surface area contributed by atoms with Gasteiger partial charge >= 0.3 is 26.3 Å². The molecule has 198 valence electrons. The van der Waals surface area contributed by atoms with Crippen molar-refractivity contribution in [3.8, 4) is 0 Å². The third-order valence-corrected chi connectivity index (χ3v) is 16.1. The molecule has 0 unspecified atom stereocenters. The molecule has 0 aliphatic carbocycles. The van der Waals surface area contributed by atoms with Crippen LogP contribution < -0.4 is 0 Å². The maximum Gasteiger partial charge on any atom is 0.500 e. The minimum absolute atomic E-state index is 0.787. The van der Waals surface area contributed by atoms with Crippen LogP contribution >= 0.6 is 0 Å². The number of nitrogens with zero attached hydrogens (tertiary/aromatic N) is 2. The zero-order valence-electron chi connectivity index (χ0n) is 22.1. The summed E-state index contributed by atoms with van der Waals surface area (Å²) in [6.45, 7) is 4.94. The van der Waals surface area contributed by atoms with Crippen LogP contribution in [0.15, 0.2) is 0 Å². The van der Waals surface area contributed by atoms with Crippen LogP contribution in [0.2, 0.25) is 18.1 Å². The smallest absolute Gasteiger partial charge is 0.386 e. The first-order valence-electron chi connectivity index (χ1n) is 11.8. The largest absolute Gasteiger partial charge is 0.500 e. The minimum Gasteiger partial charge on any atom is -0.386 e. The molecule has 1 aliphatic rings. The van der Waals surface area contributed by atoms with Crippen molar-refractivity contribution in [3.05, 3.63) is 0 Å². The van der Waals surface area contributed by atoms with E-state index >= 15 is 0 Å². The van der Waals surface area contributed by atoms with Crippen LogP contribution in [0.1, 0.15) is 25.7 Å². The van der Waals surface area contributed by atoms with E-state index in [2.05, 4.69) is 9.47 Å². The van der Waals surface area contributed by atoms with Crippen molar-refractivity contribution < 1.29 is 35.4 Å². The molecule has 0 saturated carbocycles. The van der Waals surface area contributed by atoms with Crippen molar-refractivity contribution in [2.45, 2.75) is 43.8 Å². The number of hydrogen-bond donors (Lipinski definition) is 0. The van der Waals surface area contributed by atoms with Crippen LogP contribution in [-0.2, 0) is 35.4 Å². The summed E-state index contributed by atoms with van der Waals surface area (Å²) in [6.07, 6.45) is 4.10. The van der Waals surface area contributed by atoms with Gasteiger partial charge in [0.2, 0.25) is 0 Å². The molecule has 0 spiro atoms. The Kier molecular flexibility index (Phi) is 15.2. The molecular weight excluding hydrogens is 480 g/mol. The summed E-state index contributed by atoms with van der Waals surface area (Å²) < 4.78 is 47.7. The van der Waals surface area contributed by atoms with E-state index in [0.29, 0.717) is 0 Å². The van der Waals surface area contributed by atoms with E-state index in [4.69, 9.17) is 35.4 Å². The van der Waals surface area contributed by atoms with Gasteiger partial charge in [0.15, 0.2) is 0 Å². The van der Waals surface area contributed by atoms with Crippen LogP contribution in [0.4, 0.5) is 0 Å². The van der Waals surface area contributed by atoms with Crippen LogP contribution in [0, 0.1) is 0 Å². The Hall–Kier alpha value is 0.251. The summed E-state index contributed by atoms with van der Waals surface area (Å²) in [7, 11) is 6.27. The third kappa shape index (κ3) is 9.00. The van der Waals surface area contributed by atoms with Gasteiger partial charge in [0, 0.05) is 75.0 Å². The van der Waals surface area contributed by atoms with Crippen molar-refractivity contribution in [1.82, 2.24) is 9.47 Å². The monoisotopic (exact) mass is 528 g/mol. The maximum absolute atomic E-state index is 5.85. The highest BCUT2D eigenvalue weighted by molar-refractivity contribution is 6.65. The molecule has 0 aromatic heterocycles. The highest BCUT2D eigenvalue weighted by atomic mass is 28.4. The van der Waals surface area contributed by atoms with E-state index < -0.39 is 26.3 Å². The first kappa shape index (κ1) is 31.3. The topological polar surface area (TPSA) is 80.3 Å². The summed E-state index contributed by atoms with van der Waals surface area (Å²) in [4.78, 5) is 2.50. The van der Waals surface area contributed by atoms with Crippen LogP contribution in [0.25, 0.3) is 0 Å². The van der Waals surface area contributed by atoms with Gasteiger partial charge in [0.05, 0.1) is 0 Å². The lowest BCUT2D eigenvalue weighted by atomic mass is 10.3. The molecule has 13 heteroatoms. The summed E-state index contributed by atoms with van der Waals surface area (Å²) in [5.74, 6) is 0. The second kappa shape index (κ2) is 16.1. The van der Waals surface area contributed by atoms with E-state index in [1.807, 2.05) is 0 Å².